The predicted octanol–water partition coefficient (Wildman–Crippen LogP) is 1.71. The van der Waals surface area contributed by atoms with Gasteiger partial charge < -0.3 is 15.4 Å². The van der Waals surface area contributed by atoms with E-state index in [-0.39, 0.29) is 23.6 Å². The van der Waals surface area contributed by atoms with Gasteiger partial charge in [-0.25, -0.2) is 4.39 Å². The molecule has 3 rings (SSSR count). The SMILES string of the molecule is O=C(CNC(=O)c1ccccc1F)NCC1(N2CCOCC2)CCCCC1. The van der Waals surface area contributed by atoms with Crippen molar-refractivity contribution in [3.63, 3.8) is 0 Å². The average molecular weight is 377 g/mol. The predicted molar refractivity (Wildman–Crippen MR) is 100.0 cm³/mol. The van der Waals surface area contributed by atoms with Crippen molar-refractivity contribution in [3.05, 3.63) is 35.6 Å². The van der Waals surface area contributed by atoms with E-state index in [0.717, 1.165) is 52.0 Å². The van der Waals surface area contributed by atoms with Crippen molar-refractivity contribution >= 4 is 11.8 Å². The van der Waals surface area contributed by atoms with Gasteiger partial charge in [-0.15, -0.1) is 0 Å². The van der Waals surface area contributed by atoms with Crippen molar-refractivity contribution in [1.29, 1.82) is 0 Å². The number of carbonyl (C=O) groups excluding carboxylic acids is 2. The number of nitrogens with zero attached hydrogens (tertiary/aromatic N) is 1. The van der Waals surface area contributed by atoms with Crippen molar-refractivity contribution in [2.75, 3.05) is 39.4 Å². The second-order valence-electron chi connectivity index (χ2n) is 7.32. The van der Waals surface area contributed by atoms with E-state index >= 15 is 0 Å². The molecule has 0 radical (unpaired) electrons. The summed E-state index contributed by atoms with van der Waals surface area (Å²) < 4.78 is 19.1. The van der Waals surface area contributed by atoms with E-state index < -0.39 is 11.7 Å². The topological polar surface area (TPSA) is 70.7 Å². The minimum absolute atomic E-state index is 0.0206. The monoisotopic (exact) mass is 377 g/mol. The molecular weight excluding hydrogens is 349 g/mol. The van der Waals surface area contributed by atoms with Gasteiger partial charge in [0, 0.05) is 25.2 Å². The first-order valence-electron chi connectivity index (χ1n) is 9.73. The molecule has 1 aliphatic carbocycles. The summed E-state index contributed by atoms with van der Waals surface area (Å²) in [7, 11) is 0. The molecule has 6 nitrogen and oxygen atoms in total. The number of hydrogen-bond donors (Lipinski definition) is 2. The number of morpholine rings is 1. The number of halogens is 1. The quantitative estimate of drug-likeness (QED) is 0.792. The molecule has 1 saturated heterocycles. The molecule has 1 saturated carbocycles. The lowest BCUT2D eigenvalue weighted by molar-refractivity contribution is -0.121. The molecule has 148 valence electrons. The fourth-order valence-corrected chi connectivity index (χ4v) is 4.08. The van der Waals surface area contributed by atoms with Crippen LogP contribution in [0.15, 0.2) is 24.3 Å². The van der Waals surface area contributed by atoms with Crippen LogP contribution < -0.4 is 10.6 Å². The molecule has 1 aliphatic heterocycles. The van der Waals surface area contributed by atoms with E-state index in [0.29, 0.717) is 6.54 Å². The van der Waals surface area contributed by atoms with Gasteiger partial charge in [0.25, 0.3) is 5.91 Å². The summed E-state index contributed by atoms with van der Waals surface area (Å²) in [5, 5.41) is 5.48. The average Bonchev–Trinajstić information content (AvgIpc) is 2.72. The fraction of sp³-hybridized carbons (Fsp3) is 0.600. The molecule has 0 atom stereocenters. The van der Waals surface area contributed by atoms with Crippen LogP contribution in [-0.4, -0.2) is 61.6 Å². The summed E-state index contributed by atoms with van der Waals surface area (Å²) in [6.07, 6.45) is 5.69. The first-order valence-corrected chi connectivity index (χ1v) is 9.73. The molecule has 0 spiro atoms. The Hall–Kier alpha value is -1.99. The molecule has 2 amide bonds. The van der Waals surface area contributed by atoms with E-state index in [2.05, 4.69) is 15.5 Å². The van der Waals surface area contributed by atoms with E-state index in [1.807, 2.05) is 0 Å². The van der Waals surface area contributed by atoms with Gasteiger partial charge in [0.2, 0.25) is 5.91 Å². The number of nitrogens with one attached hydrogen (secondary N) is 2. The highest BCUT2D eigenvalue weighted by atomic mass is 19.1. The van der Waals surface area contributed by atoms with Gasteiger partial charge in [0.05, 0.1) is 25.3 Å². The molecule has 7 heteroatoms. The summed E-state index contributed by atoms with van der Waals surface area (Å²) in [5.74, 6) is -1.43. The highest BCUT2D eigenvalue weighted by molar-refractivity contribution is 5.96. The van der Waals surface area contributed by atoms with Crippen LogP contribution in [0.5, 0.6) is 0 Å². The van der Waals surface area contributed by atoms with Crippen LogP contribution in [0.1, 0.15) is 42.5 Å². The normalized spacial score (nSPS) is 20.0. The number of carbonyl (C=O) groups is 2. The number of amides is 2. The maximum atomic E-state index is 13.6. The van der Waals surface area contributed by atoms with Crippen LogP contribution >= 0.6 is 0 Å². The summed E-state index contributed by atoms with van der Waals surface area (Å²) in [6, 6.07) is 5.74. The van der Waals surface area contributed by atoms with Gasteiger partial charge >= 0.3 is 0 Å². The lowest BCUT2D eigenvalue weighted by atomic mass is 9.79. The first-order chi connectivity index (χ1) is 13.1. The molecule has 1 aromatic carbocycles. The largest absolute Gasteiger partial charge is 0.379 e. The molecule has 27 heavy (non-hydrogen) atoms. The van der Waals surface area contributed by atoms with Crippen LogP contribution in [0.4, 0.5) is 4.39 Å². The number of rotatable bonds is 6. The minimum Gasteiger partial charge on any atom is -0.379 e. The third kappa shape index (κ3) is 5.05. The summed E-state index contributed by atoms with van der Waals surface area (Å²) in [5.41, 5.74) is -0.0740. The van der Waals surface area contributed by atoms with Crippen molar-refractivity contribution in [1.82, 2.24) is 15.5 Å². The van der Waals surface area contributed by atoms with Crippen LogP contribution in [0, 0.1) is 5.82 Å². The minimum atomic E-state index is -0.594. The number of benzene rings is 1. The highest BCUT2D eigenvalue weighted by Gasteiger charge is 2.38. The van der Waals surface area contributed by atoms with Crippen LogP contribution in [0.25, 0.3) is 0 Å². The Morgan fingerprint density at radius 1 is 1.07 bits per heavy atom. The molecule has 2 fully saturated rings. The Kier molecular flexibility index (Phi) is 6.79. The third-order valence-electron chi connectivity index (χ3n) is 5.61. The van der Waals surface area contributed by atoms with Gasteiger partial charge in [-0.1, -0.05) is 31.4 Å². The Labute approximate surface area is 159 Å². The smallest absolute Gasteiger partial charge is 0.254 e. The van der Waals surface area contributed by atoms with Crippen molar-refractivity contribution in [2.24, 2.45) is 0 Å². The second kappa shape index (κ2) is 9.28. The lowest BCUT2D eigenvalue weighted by Gasteiger charge is -2.48. The van der Waals surface area contributed by atoms with Crippen LogP contribution in [0.2, 0.25) is 0 Å². The van der Waals surface area contributed by atoms with Crippen LogP contribution in [0.3, 0.4) is 0 Å². The highest BCUT2D eigenvalue weighted by Crippen LogP contribution is 2.33. The molecule has 0 unspecified atom stereocenters. The Bertz CT molecular complexity index is 656. The third-order valence-corrected chi connectivity index (χ3v) is 5.61. The first kappa shape index (κ1) is 19.8. The van der Waals surface area contributed by atoms with E-state index in [4.69, 9.17) is 4.74 Å². The molecule has 0 bridgehead atoms. The zero-order valence-electron chi connectivity index (χ0n) is 15.6. The standard InChI is InChI=1S/C20H28FN3O3/c21-17-7-3-2-6-16(17)19(26)22-14-18(25)23-15-20(8-4-1-5-9-20)24-10-12-27-13-11-24/h2-3,6-7H,1,4-5,8-15H2,(H,22,26)(H,23,25). The van der Waals surface area contributed by atoms with Gasteiger partial charge in [-0.2, -0.15) is 0 Å². The molecule has 2 N–H and O–H groups in total. The molecule has 0 aromatic heterocycles. The number of hydrogen-bond acceptors (Lipinski definition) is 4. The molecule has 1 aromatic rings. The maximum Gasteiger partial charge on any atom is 0.254 e. The van der Waals surface area contributed by atoms with Gasteiger partial charge in [-0.3, -0.25) is 14.5 Å². The summed E-state index contributed by atoms with van der Waals surface area (Å²) in [4.78, 5) is 26.8. The molecule has 2 aliphatic rings. The lowest BCUT2D eigenvalue weighted by Crippen LogP contribution is -2.60. The Morgan fingerprint density at radius 3 is 2.48 bits per heavy atom. The summed E-state index contributed by atoms with van der Waals surface area (Å²) >= 11 is 0. The van der Waals surface area contributed by atoms with Crippen LogP contribution in [-0.2, 0) is 9.53 Å². The maximum absolute atomic E-state index is 13.6. The van der Waals surface area contributed by atoms with E-state index in [1.165, 1.54) is 24.6 Å². The van der Waals surface area contributed by atoms with E-state index in [1.54, 1.807) is 6.07 Å². The van der Waals surface area contributed by atoms with Gasteiger partial charge in [0.15, 0.2) is 0 Å². The Morgan fingerprint density at radius 2 is 1.78 bits per heavy atom. The van der Waals surface area contributed by atoms with Gasteiger partial charge in [-0.05, 0) is 25.0 Å². The molecular formula is C20H28FN3O3. The summed E-state index contributed by atoms with van der Waals surface area (Å²) in [6.45, 7) is 3.65. The zero-order valence-corrected chi connectivity index (χ0v) is 15.6. The fourth-order valence-electron chi connectivity index (χ4n) is 4.08. The van der Waals surface area contributed by atoms with Crippen molar-refractivity contribution in [3.8, 4) is 0 Å². The Balaban J connectivity index is 1.52. The second-order valence-corrected chi connectivity index (χ2v) is 7.32. The zero-order chi connectivity index (χ0) is 19.1. The van der Waals surface area contributed by atoms with E-state index in [9.17, 15) is 14.0 Å². The van der Waals surface area contributed by atoms with Crippen molar-refractivity contribution in [2.45, 2.75) is 37.6 Å². The van der Waals surface area contributed by atoms with Crippen molar-refractivity contribution < 1.29 is 18.7 Å². The number of ether oxygens (including phenoxy) is 1. The molecule has 1 heterocycles. The van der Waals surface area contributed by atoms with Gasteiger partial charge in [0.1, 0.15) is 5.82 Å².